The van der Waals surface area contributed by atoms with Crippen LogP contribution < -0.4 is 5.73 Å². The minimum absolute atomic E-state index is 0.178. The summed E-state index contributed by atoms with van der Waals surface area (Å²) in [7, 11) is 0. The summed E-state index contributed by atoms with van der Waals surface area (Å²) in [6.07, 6.45) is 3.51. The van der Waals surface area contributed by atoms with Gasteiger partial charge in [0.15, 0.2) is 0 Å². The molecule has 1 atom stereocenters. The van der Waals surface area contributed by atoms with Gasteiger partial charge in [0.1, 0.15) is 5.82 Å². The van der Waals surface area contributed by atoms with Crippen LogP contribution in [-0.4, -0.2) is 6.54 Å². The van der Waals surface area contributed by atoms with Gasteiger partial charge in [-0.2, -0.15) is 0 Å². The number of halogens is 2. The first-order chi connectivity index (χ1) is 7.55. The highest BCUT2D eigenvalue weighted by molar-refractivity contribution is 9.10. The Kier molecular flexibility index (Phi) is 3.36. The molecule has 1 aliphatic rings. The van der Waals surface area contributed by atoms with E-state index < -0.39 is 0 Å². The maximum Gasteiger partial charge on any atom is 0.137 e. The third-order valence-electron chi connectivity index (χ3n) is 3.62. The van der Waals surface area contributed by atoms with Gasteiger partial charge in [-0.25, -0.2) is 4.39 Å². The van der Waals surface area contributed by atoms with Crippen molar-refractivity contribution in [3.63, 3.8) is 0 Å². The lowest BCUT2D eigenvalue weighted by atomic mass is 9.79. The average molecular weight is 286 g/mol. The molecule has 2 N–H and O–H groups in total. The van der Waals surface area contributed by atoms with E-state index in [1.807, 2.05) is 12.1 Å². The van der Waals surface area contributed by atoms with Crippen LogP contribution >= 0.6 is 15.9 Å². The van der Waals surface area contributed by atoms with Gasteiger partial charge < -0.3 is 5.73 Å². The summed E-state index contributed by atoms with van der Waals surface area (Å²) in [5.74, 6) is 0.547. The van der Waals surface area contributed by atoms with Gasteiger partial charge in [-0.1, -0.05) is 13.0 Å². The number of hydrogen-bond donors (Lipinski definition) is 1. The van der Waals surface area contributed by atoms with Crippen molar-refractivity contribution >= 4 is 15.9 Å². The molecule has 2 rings (SSSR count). The van der Waals surface area contributed by atoms with E-state index in [1.54, 1.807) is 0 Å². The Morgan fingerprint density at radius 1 is 1.50 bits per heavy atom. The zero-order valence-electron chi connectivity index (χ0n) is 9.47. The summed E-state index contributed by atoms with van der Waals surface area (Å²) in [6.45, 7) is 2.94. The van der Waals surface area contributed by atoms with Crippen molar-refractivity contribution in [3.8, 4) is 0 Å². The molecule has 0 amide bonds. The normalized spacial score (nSPS) is 19.5. The second-order valence-electron chi connectivity index (χ2n) is 5.06. The van der Waals surface area contributed by atoms with Crippen LogP contribution in [0.5, 0.6) is 0 Å². The van der Waals surface area contributed by atoms with Crippen molar-refractivity contribution < 1.29 is 4.39 Å². The Morgan fingerprint density at radius 3 is 2.69 bits per heavy atom. The quantitative estimate of drug-likeness (QED) is 0.900. The van der Waals surface area contributed by atoms with Crippen LogP contribution in [0.25, 0.3) is 0 Å². The largest absolute Gasteiger partial charge is 0.330 e. The van der Waals surface area contributed by atoms with Gasteiger partial charge in [0, 0.05) is 0 Å². The Labute approximate surface area is 104 Å². The lowest BCUT2D eigenvalue weighted by Crippen LogP contribution is -2.31. The first kappa shape index (κ1) is 12.1. The molecule has 0 saturated heterocycles. The maximum atomic E-state index is 13.1. The fourth-order valence-electron chi connectivity index (χ4n) is 2.28. The topological polar surface area (TPSA) is 26.0 Å². The standard InChI is InChI=1S/C13H17BrFN/c1-13(8-16,10-3-4-10)7-9-2-5-12(15)11(14)6-9/h2,5-6,10H,3-4,7-8,16H2,1H3. The summed E-state index contributed by atoms with van der Waals surface area (Å²) >= 11 is 3.22. The lowest BCUT2D eigenvalue weighted by Gasteiger charge is -2.28. The molecule has 3 heteroatoms. The van der Waals surface area contributed by atoms with Gasteiger partial charge in [0.2, 0.25) is 0 Å². The second-order valence-corrected chi connectivity index (χ2v) is 5.91. The molecule has 1 aromatic rings. The first-order valence-corrected chi connectivity index (χ1v) is 6.48. The highest BCUT2D eigenvalue weighted by Gasteiger charge is 2.40. The fraction of sp³-hybridized carbons (Fsp3) is 0.538. The van der Waals surface area contributed by atoms with Gasteiger partial charge in [-0.05, 0) is 70.8 Å². The van der Waals surface area contributed by atoms with Gasteiger partial charge in [-0.15, -0.1) is 0 Å². The third-order valence-corrected chi connectivity index (χ3v) is 4.23. The van der Waals surface area contributed by atoms with E-state index in [0.29, 0.717) is 11.0 Å². The SMILES string of the molecule is CC(CN)(Cc1ccc(F)c(Br)c1)C1CC1. The maximum absolute atomic E-state index is 13.1. The van der Waals surface area contributed by atoms with Gasteiger partial charge in [0.25, 0.3) is 0 Å². The van der Waals surface area contributed by atoms with Crippen LogP contribution in [-0.2, 0) is 6.42 Å². The summed E-state index contributed by atoms with van der Waals surface area (Å²) in [4.78, 5) is 0. The number of benzene rings is 1. The van der Waals surface area contributed by atoms with E-state index in [4.69, 9.17) is 5.73 Å². The van der Waals surface area contributed by atoms with E-state index in [2.05, 4.69) is 22.9 Å². The Morgan fingerprint density at radius 2 is 2.19 bits per heavy atom. The fourth-order valence-corrected chi connectivity index (χ4v) is 2.71. The van der Waals surface area contributed by atoms with Crippen LogP contribution in [0.4, 0.5) is 4.39 Å². The summed E-state index contributed by atoms with van der Waals surface area (Å²) < 4.78 is 13.7. The molecular weight excluding hydrogens is 269 g/mol. The zero-order chi connectivity index (χ0) is 11.8. The minimum Gasteiger partial charge on any atom is -0.330 e. The molecule has 0 aliphatic heterocycles. The average Bonchev–Trinajstić information content (AvgIpc) is 3.07. The predicted molar refractivity (Wildman–Crippen MR) is 67.7 cm³/mol. The number of rotatable bonds is 4. The number of hydrogen-bond acceptors (Lipinski definition) is 1. The molecule has 16 heavy (non-hydrogen) atoms. The molecule has 88 valence electrons. The molecule has 1 nitrogen and oxygen atoms in total. The van der Waals surface area contributed by atoms with Crippen molar-refractivity contribution in [2.75, 3.05) is 6.54 Å². The molecule has 0 bridgehead atoms. The van der Waals surface area contributed by atoms with Crippen molar-refractivity contribution in [3.05, 3.63) is 34.1 Å². The Hall–Kier alpha value is -0.410. The van der Waals surface area contributed by atoms with Crippen LogP contribution in [0.1, 0.15) is 25.3 Å². The van der Waals surface area contributed by atoms with Crippen molar-refractivity contribution in [1.82, 2.24) is 0 Å². The molecule has 1 saturated carbocycles. The zero-order valence-corrected chi connectivity index (χ0v) is 11.1. The smallest absolute Gasteiger partial charge is 0.137 e. The van der Waals surface area contributed by atoms with Crippen LogP contribution in [0.15, 0.2) is 22.7 Å². The molecule has 1 aromatic carbocycles. The predicted octanol–water partition coefficient (Wildman–Crippen LogP) is 3.51. The van der Waals surface area contributed by atoms with E-state index in [0.717, 1.165) is 17.9 Å². The van der Waals surface area contributed by atoms with Gasteiger partial charge in [-0.3, -0.25) is 0 Å². The van der Waals surface area contributed by atoms with Crippen molar-refractivity contribution in [1.29, 1.82) is 0 Å². The highest BCUT2D eigenvalue weighted by atomic mass is 79.9. The molecule has 0 heterocycles. The van der Waals surface area contributed by atoms with E-state index in [9.17, 15) is 4.39 Å². The summed E-state index contributed by atoms with van der Waals surface area (Å²) in [5, 5.41) is 0. The Bertz CT molecular complexity index is 390. The summed E-state index contributed by atoms with van der Waals surface area (Å²) in [5.41, 5.74) is 7.22. The number of nitrogens with two attached hydrogens (primary N) is 1. The Balaban J connectivity index is 2.15. The van der Waals surface area contributed by atoms with E-state index in [1.165, 1.54) is 18.9 Å². The second kappa shape index (κ2) is 4.46. The molecule has 0 radical (unpaired) electrons. The summed E-state index contributed by atoms with van der Waals surface area (Å²) in [6, 6.07) is 5.24. The molecule has 1 unspecified atom stereocenters. The van der Waals surface area contributed by atoms with Crippen LogP contribution in [0.2, 0.25) is 0 Å². The van der Waals surface area contributed by atoms with E-state index in [-0.39, 0.29) is 11.2 Å². The third kappa shape index (κ3) is 2.46. The minimum atomic E-state index is -0.204. The van der Waals surface area contributed by atoms with Crippen molar-refractivity contribution in [2.24, 2.45) is 17.1 Å². The molecule has 0 spiro atoms. The molecule has 1 aliphatic carbocycles. The molecule has 1 fully saturated rings. The lowest BCUT2D eigenvalue weighted by molar-refractivity contribution is 0.281. The first-order valence-electron chi connectivity index (χ1n) is 5.69. The van der Waals surface area contributed by atoms with E-state index >= 15 is 0 Å². The van der Waals surface area contributed by atoms with Crippen LogP contribution in [0.3, 0.4) is 0 Å². The van der Waals surface area contributed by atoms with Crippen LogP contribution in [0, 0.1) is 17.2 Å². The monoisotopic (exact) mass is 285 g/mol. The highest BCUT2D eigenvalue weighted by Crippen LogP contribution is 2.46. The van der Waals surface area contributed by atoms with Gasteiger partial charge in [0.05, 0.1) is 4.47 Å². The molecule has 0 aromatic heterocycles. The molecular formula is C13H17BrFN. The van der Waals surface area contributed by atoms with Gasteiger partial charge >= 0.3 is 0 Å². The van der Waals surface area contributed by atoms with Crippen molar-refractivity contribution in [2.45, 2.75) is 26.2 Å².